The standard InChI is InChI=1S/C7H4N2O3.ClH/c10-8-5-6-2-1-3-7(4-6)9(11)12;/h1-4H;1H. The van der Waals surface area contributed by atoms with Crippen molar-refractivity contribution >= 4 is 18.1 Å². The minimum Gasteiger partial charge on any atom is -0.498 e. The van der Waals surface area contributed by atoms with Crippen LogP contribution in [0.4, 0.5) is 5.69 Å². The van der Waals surface area contributed by atoms with Crippen LogP contribution < -0.4 is 0 Å². The third-order valence-corrected chi connectivity index (χ3v) is 1.23. The van der Waals surface area contributed by atoms with Gasteiger partial charge in [0.25, 0.3) is 5.69 Å². The number of nitro benzene ring substituents is 1. The molecule has 1 aromatic carbocycles. The zero-order valence-corrected chi connectivity index (χ0v) is 7.15. The maximum absolute atomic E-state index is 10.2. The van der Waals surface area contributed by atoms with Crippen LogP contribution in [0.25, 0.3) is 5.01 Å². The zero-order chi connectivity index (χ0) is 8.97. The van der Waals surface area contributed by atoms with Crippen molar-refractivity contribution in [3.63, 3.8) is 0 Å². The topological polar surface area (TPSA) is 70.6 Å². The highest BCUT2D eigenvalue weighted by atomic mass is 35.5. The van der Waals surface area contributed by atoms with E-state index in [2.05, 4.69) is 11.1 Å². The molecular weight excluding hydrogens is 196 g/mol. The fourth-order valence-electron chi connectivity index (χ4n) is 0.742. The second-order valence-corrected chi connectivity index (χ2v) is 2.01. The molecule has 0 saturated heterocycles. The summed E-state index contributed by atoms with van der Waals surface area (Å²) in [6, 6.07) is 7.59. The summed E-state index contributed by atoms with van der Waals surface area (Å²) in [5.74, 6) is 0. The van der Waals surface area contributed by atoms with Crippen molar-refractivity contribution in [1.29, 1.82) is 0 Å². The van der Waals surface area contributed by atoms with E-state index in [0.29, 0.717) is 5.56 Å². The molecule has 0 aliphatic carbocycles. The predicted octanol–water partition coefficient (Wildman–Crippen LogP) is 2.20. The second-order valence-electron chi connectivity index (χ2n) is 2.01. The molecule has 0 saturated carbocycles. The highest BCUT2D eigenvalue weighted by molar-refractivity contribution is 5.85. The van der Waals surface area contributed by atoms with Crippen molar-refractivity contribution < 1.29 is 4.92 Å². The van der Waals surface area contributed by atoms with E-state index in [9.17, 15) is 15.3 Å². The first-order chi connectivity index (χ1) is 5.74. The average molecular weight is 201 g/mol. The SMILES string of the molecule is Cl.O=[N+]([O-])c1cccc(C#[N+][O-])c1. The van der Waals surface area contributed by atoms with Crippen LogP contribution in [-0.4, -0.2) is 4.92 Å². The Morgan fingerprint density at radius 2 is 2.15 bits per heavy atom. The molecule has 0 fully saturated rings. The van der Waals surface area contributed by atoms with Crippen molar-refractivity contribution in [3.05, 3.63) is 50.2 Å². The molecule has 13 heavy (non-hydrogen) atoms. The van der Waals surface area contributed by atoms with Crippen molar-refractivity contribution in [2.24, 2.45) is 0 Å². The summed E-state index contributed by atoms with van der Waals surface area (Å²) in [7, 11) is 0. The maximum Gasteiger partial charge on any atom is 0.336 e. The molecule has 6 heteroatoms. The second kappa shape index (κ2) is 4.95. The predicted molar refractivity (Wildman–Crippen MR) is 50.1 cm³/mol. The van der Waals surface area contributed by atoms with Crippen LogP contribution >= 0.6 is 12.4 Å². The molecule has 0 N–H and O–H groups in total. The fraction of sp³-hybridized carbons (Fsp3) is 0. The lowest BCUT2D eigenvalue weighted by atomic mass is 10.2. The van der Waals surface area contributed by atoms with E-state index in [4.69, 9.17) is 0 Å². The molecule has 1 rings (SSSR count). The molecule has 5 nitrogen and oxygen atoms in total. The third-order valence-electron chi connectivity index (χ3n) is 1.23. The lowest BCUT2D eigenvalue weighted by Gasteiger charge is -1.87. The van der Waals surface area contributed by atoms with Crippen molar-refractivity contribution in [1.82, 2.24) is 0 Å². The average Bonchev–Trinajstić information content (AvgIpc) is 2.05. The highest BCUT2D eigenvalue weighted by Gasteiger charge is 2.05. The monoisotopic (exact) mass is 200 g/mol. The Kier molecular flexibility index (Phi) is 4.27. The van der Waals surface area contributed by atoms with Crippen LogP contribution in [-0.2, 0) is 0 Å². The van der Waals surface area contributed by atoms with E-state index in [1.165, 1.54) is 24.3 Å². The van der Waals surface area contributed by atoms with Gasteiger partial charge >= 0.3 is 6.07 Å². The van der Waals surface area contributed by atoms with E-state index >= 15 is 0 Å². The van der Waals surface area contributed by atoms with Gasteiger partial charge in [-0.2, -0.15) is 0 Å². The Labute approximate surface area is 80.0 Å². The fourth-order valence-corrected chi connectivity index (χ4v) is 0.742. The molecule has 0 aromatic heterocycles. The summed E-state index contributed by atoms with van der Waals surface area (Å²) in [4.78, 5) is 9.68. The molecule has 0 radical (unpaired) electrons. The molecule has 0 heterocycles. The number of hydrogen-bond donors (Lipinski definition) is 0. The van der Waals surface area contributed by atoms with Gasteiger partial charge in [0, 0.05) is 17.1 Å². The molecule has 0 unspecified atom stereocenters. The molecule has 0 spiro atoms. The number of nitro groups is 1. The van der Waals surface area contributed by atoms with Crippen molar-refractivity contribution in [2.75, 3.05) is 0 Å². The Morgan fingerprint density at radius 3 is 2.69 bits per heavy atom. The maximum atomic E-state index is 10.2. The lowest BCUT2D eigenvalue weighted by molar-refractivity contribution is -0.384. The van der Waals surface area contributed by atoms with Gasteiger partial charge in [0.15, 0.2) is 0 Å². The van der Waals surface area contributed by atoms with E-state index in [0.717, 1.165) is 0 Å². The minimum atomic E-state index is -0.546. The van der Waals surface area contributed by atoms with Gasteiger partial charge in [-0.15, -0.1) is 12.4 Å². The molecule has 68 valence electrons. The first kappa shape index (κ1) is 11.2. The molecule has 0 atom stereocenters. The Balaban J connectivity index is 0.00000144. The van der Waals surface area contributed by atoms with Gasteiger partial charge in [0.05, 0.1) is 4.92 Å². The Bertz CT molecular complexity index is 369. The van der Waals surface area contributed by atoms with Crippen LogP contribution in [0.3, 0.4) is 0 Å². The summed E-state index contributed by atoms with van der Waals surface area (Å²) in [5, 5.41) is 22.3. The van der Waals surface area contributed by atoms with Gasteiger partial charge < -0.3 is 5.21 Å². The van der Waals surface area contributed by atoms with Gasteiger partial charge in [0.1, 0.15) is 5.56 Å². The van der Waals surface area contributed by atoms with E-state index in [1.807, 2.05) is 0 Å². The number of benzene rings is 1. The normalized spacial score (nSPS) is 7.69. The molecule has 0 aliphatic rings. The first-order valence-corrected chi connectivity index (χ1v) is 3.07. The third kappa shape index (κ3) is 2.97. The van der Waals surface area contributed by atoms with Crippen LogP contribution in [0.15, 0.2) is 24.3 Å². The summed E-state index contributed by atoms with van der Waals surface area (Å²) in [6.45, 7) is 0. The van der Waals surface area contributed by atoms with Crippen LogP contribution in [0.2, 0.25) is 0 Å². The molecular formula is C7H5ClN2O3. The number of nitrogens with zero attached hydrogens (tertiary/aromatic N) is 2. The number of hydrogen-bond acceptors (Lipinski definition) is 3. The van der Waals surface area contributed by atoms with E-state index in [1.54, 1.807) is 0 Å². The largest absolute Gasteiger partial charge is 0.498 e. The summed E-state index contributed by atoms with van der Waals surface area (Å²) >= 11 is 0. The summed E-state index contributed by atoms with van der Waals surface area (Å²) in [6.07, 6.45) is 0. The van der Waals surface area contributed by atoms with Crippen molar-refractivity contribution in [3.8, 4) is 6.07 Å². The van der Waals surface area contributed by atoms with E-state index in [-0.39, 0.29) is 18.1 Å². The number of non-ortho nitro benzene ring substituents is 1. The van der Waals surface area contributed by atoms with Crippen molar-refractivity contribution in [2.45, 2.75) is 0 Å². The first-order valence-electron chi connectivity index (χ1n) is 3.07. The summed E-state index contributed by atoms with van der Waals surface area (Å²) < 4.78 is 0. The van der Waals surface area contributed by atoms with Crippen LogP contribution in [0.5, 0.6) is 0 Å². The molecule has 0 bridgehead atoms. The quantitative estimate of drug-likeness (QED) is 0.515. The minimum absolute atomic E-state index is 0. The molecule has 0 aliphatic heterocycles. The number of halogens is 1. The Hall–Kier alpha value is -1.80. The zero-order valence-electron chi connectivity index (χ0n) is 6.34. The van der Waals surface area contributed by atoms with Gasteiger partial charge in [-0.25, -0.2) is 0 Å². The smallest absolute Gasteiger partial charge is 0.336 e. The van der Waals surface area contributed by atoms with Gasteiger partial charge in [-0.1, -0.05) is 6.07 Å². The van der Waals surface area contributed by atoms with Gasteiger partial charge in [-0.3, -0.25) is 10.1 Å². The summed E-state index contributed by atoms with van der Waals surface area (Å²) in [5.41, 5.74) is 0.225. The van der Waals surface area contributed by atoms with Gasteiger partial charge in [-0.05, 0) is 6.07 Å². The van der Waals surface area contributed by atoms with Crippen LogP contribution in [0, 0.1) is 21.4 Å². The molecule has 1 aromatic rings. The highest BCUT2D eigenvalue weighted by Crippen LogP contribution is 2.11. The number of rotatable bonds is 1. The lowest BCUT2D eigenvalue weighted by Crippen LogP contribution is -1.87. The van der Waals surface area contributed by atoms with E-state index < -0.39 is 4.92 Å². The van der Waals surface area contributed by atoms with Crippen LogP contribution in [0.1, 0.15) is 5.56 Å². The Morgan fingerprint density at radius 1 is 1.46 bits per heavy atom. The molecule has 0 amide bonds. The van der Waals surface area contributed by atoms with Gasteiger partial charge in [0.2, 0.25) is 0 Å².